The van der Waals surface area contributed by atoms with Gasteiger partial charge in [0.15, 0.2) is 0 Å². The van der Waals surface area contributed by atoms with Crippen LogP contribution in [0.3, 0.4) is 0 Å². The summed E-state index contributed by atoms with van der Waals surface area (Å²) < 4.78 is 0. The van der Waals surface area contributed by atoms with Gasteiger partial charge in [-0.25, -0.2) is 0 Å². The van der Waals surface area contributed by atoms with Gasteiger partial charge in [-0.1, -0.05) is 46.6 Å². The minimum Gasteiger partial charge on any atom is -0.508 e. The Kier molecular flexibility index (Phi) is 6.17. The largest absolute Gasteiger partial charge is 0.508 e. The zero-order valence-electron chi connectivity index (χ0n) is 15.8. The lowest BCUT2D eigenvalue weighted by Gasteiger charge is -2.18. The van der Waals surface area contributed by atoms with Crippen LogP contribution in [0.2, 0.25) is 0 Å². The van der Waals surface area contributed by atoms with Gasteiger partial charge >= 0.3 is 0 Å². The second kappa shape index (κ2) is 7.73. The van der Waals surface area contributed by atoms with E-state index >= 15 is 0 Å². The average Bonchev–Trinajstić information content (AvgIpc) is 3.18. The van der Waals surface area contributed by atoms with Gasteiger partial charge in [-0.15, -0.1) is 0 Å². The lowest BCUT2D eigenvalue weighted by Crippen LogP contribution is -2.04. The van der Waals surface area contributed by atoms with Crippen LogP contribution in [0, 0.1) is 10.8 Å². The summed E-state index contributed by atoms with van der Waals surface area (Å²) in [5.41, 5.74) is 3.95. The van der Waals surface area contributed by atoms with Crippen molar-refractivity contribution in [3.63, 3.8) is 0 Å². The quantitative estimate of drug-likeness (QED) is 0.505. The molecule has 0 spiro atoms. The van der Waals surface area contributed by atoms with E-state index in [1.165, 1.54) is 62.5 Å². The van der Waals surface area contributed by atoms with E-state index in [4.69, 9.17) is 0 Å². The highest BCUT2D eigenvalue weighted by Crippen LogP contribution is 2.49. The van der Waals surface area contributed by atoms with Crippen LogP contribution in [0.15, 0.2) is 18.2 Å². The van der Waals surface area contributed by atoms with Crippen molar-refractivity contribution in [2.45, 2.75) is 91.9 Å². The molecule has 23 heavy (non-hydrogen) atoms. The molecule has 0 heterocycles. The molecule has 1 heteroatoms. The number of hydrogen-bond acceptors (Lipinski definition) is 1. The Labute approximate surface area is 143 Å². The number of phenolic OH excluding ortho intramolecular Hbond substituents is 1. The van der Waals surface area contributed by atoms with Gasteiger partial charge in [0.1, 0.15) is 5.75 Å². The van der Waals surface area contributed by atoms with Crippen molar-refractivity contribution < 1.29 is 5.11 Å². The number of aryl methyl sites for hydroxylation is 2. The Bertz CT molecular complexity index is 491. The van der Waals surface area contributed by atoms with Crippen LogP contribution in [0.4, 0.5) is 0 Å². The maximum atomic E-state index is 9.81. The van der Waals surface area contributed by atoms with Gasteiger partial charge in [0, 0.05) is 0 Å². The molecule has 0 unspecified atom stereocenters. The molecule has 130 valence electrons. The Hall–Kier alpha value is -0.980. The third-order valence-electron chi connectivity index (χ3n) is 5.39. The summed E-state index contributed by atoms with van der Waals surface area (Å²) in [7, 11) is 0. The van der Waals surface area contributed by atoms with E-state index in [1.807, 2.05) is 12.1 Å². The maximum absolute atomic E-state index is 9.81. The molecule has 2 rings (SSSR count). The molecule has 0 saturated heterocycles. The van der Waals surface area contributed by atoms with Crippen molar-refractivity contribution in [3.05, 3.63) is 29.3 Å². The summed E-state index contributed by atoms with van der Waals surface area (Å²) in [5, 5.41) is 9.81. The smallest absolute Gasteiger partial charge is 0.115 e. The van der Waals surface area contributed by atoms with Gasteiger partial charge in [-0.05, 0) is 85.5 Å². The summed E-state index contributed by atoms with van der Waals surface area (Å²) in [6.07, 6.45) is 12.9. The number of phenols is 1. The molecule has 1 nitrogen and oxygen atoms in total. The molecule has 1 saturated carbocycles. The van der Waals surface area contributed by atoms with Crippen LogP contribution < -0.4 is 0 Å². The summed E-state index contributed by atoms with van der Waals surface area (Å²) in [4.78, 5) is 0. The Morgan fingerprint density at radius 2 is 1.61 bits per heavy atom. The third-order valence-corrected chi connectivity index (χ3v) is 5.39. The fraction of sp³-hybridized carbons (Fsp3) is 0.727. The van der Waals surface area contributed by atoms with E-state index in [1.54, 1.807) is 0 Å². The van der Waals surface area contributed by atoms with Crippen LogP contribution in [0.1, 0.15) is 90.2 Å². The number of unbranched alkanes of at least 4 members (excludes halogenated alkanes) is 2. The molecule has 0 bridgehead atoms. The molecule has 0 radical (unpaired) electrons. The van der Waals surface area contributed by atoms with Crippen molar-refractivity contribution in [1.82, 2.24) is 0 Å². The molecule has 0 aliphatic heterocycles. The first-order valence-electron chi connectivity index (χ1n) is 9.58. The normalized spacial score (nSPS) is 16.5. The summed E-state index contributed by atoms with van der Waals surface area (Å²) in [5.74, 6) is 0.424. The van der Waals surface area contributed by atoms with Gasteiger partial charge in [0.05, 0.1) is 0 Å². The molecular weight excluding hydrogens is 280 g/mol. The van der Waals surface area contributed by atoms with Gasteiger partial charge < -0.3 is 5.11 Å². The van der Waals surface area contributed by atoms with Crippen molar-refractivity contribution in [2.75, 3.05) is 0 Å². The first-order chi connectivity index (χ1) is 10.8. The van der Waals surface area contributed by atoms with Gasteiger partial charge in [-0.2, -0.15) is 0 Å². The summed E-state index contributed by atoms with van der Waals surface area (Å²) in [6, 6.07) is 6.00. The molecule has 1 aromatic carbocycles. The first kappa shape index (κ1) is 18.4. The van der Waals surface area contributed by atoms with Crippen LogP contribution in [-0.2, 0) is 12.8 Å². The number of aromatic hydroxyl groups is 1. The second-order valence-electron chi connectivity index (χ2n) is 9.24. The zero-order valence-corrected chi connectivity index (χ0v) is 15.8. The Balaban J connectivity index is 1.78. The molecule has 1 N–H and O–H groups in total. The highest BCUT2D eigenvalue weighted by molar-refractivity contribution is 5.35. The lowest BCUT2D eigenvalue weighted by molar-refractivity contribution is 0.360. The highest BCUT2D eigenvalue weighted by Gasteiger charge is 2.35. The van der Waals surface area contributed by atoms with E-state index in [2.05, 4.69) is 33.8 Å². The van der Waals surface area contributed by atoms with Crippen LogP contribution in [-0.4, -0.2) is 5.11 Å². The van der Waals surface area contributed by atoms with Crippen LogP contribution in [0.5, 0.6) is 5.75 Å². The average molecular weight is 317 g/mol. The van der Waals surface area contributed by atoms with Gasteiger partial charge in [0.2, 0.25) is 0 Å². The van der Waals surface area contributed by atoms with E-state index in [-0.39, 0.29) is 0 Å². The maximum Gasteiger partial charge on any atom is 0.115 e. The fourth-order valence-corrected chi connectivity index (χ4v) is 3.39. The van der Waals surface area contributed by atoms with Crippen molar-refractivity contribution in [3.8, 4) is 5.75 Å². The first-order valence-corrected chi connectivity index (χ1v) is 9.58. The molecular formula is C22H36O. The van der Waals surface area contributed by atoms with Gasteiger partial charge in [-0.3, -0.25) is 0 Å². The van der Waals surface area contributed by atoms with Crippen LogP contribution >= 0.6 is 0 Å². The van der Waals surface area contributed by atoms with E-state index in [0.717, 1.165) is 12.8 Å². The molecule has 0 atom stereocenters. The number of benzene rings is 1. The third kappa shape index (κ3) is 6.97. The monoisotopic (exact) mass is 316 g/mol. The van der Waals surface area contributed by atoms with Crippen molar-refractivity contribution >= 4 is 0 Å². The fourth-order valence-electron chi connectivity index (χ4n) is 3.39. The predicted octanol–water partition coefficient (Wildman–Crippen LogP) is 6.66. The van der Waals surface area contributed by atoms with E-state index in [0.29, 0.717) is 16.6 Å². The number of rotatable bonds is 9. The van der Waals surface area contributed by atoms with Crippen LogP contribution in [0.25, 0.3) is 0 Å². The topological polar surface area (TPSA) is 20.2 Å². The van der Waals surface area contributed by atoms with Crippen molar-refractivity contribution in [1.29, 1.82) is 0 Å². The molecule has 0 amide bonds. The Morgan fingerprint density at radius 3 is 2.26 bits per heavy atom. The SMILES string of the molecule is CC(C)(C)CCCCc1ccc(O)cc1CCCCC1(C)CC1. The van der Waals surface area contributed by atoms with E-state index in [9.17, 15) is 5.11 Å². The standard InChI is InChI=1S/C22H36O/c1-21(2,3)13-7-5-9-18-11-12-20(23)17-19(18)10-6-8-14-22(4)15-16-22/h11-12,17,23H,5-10,13-16H2,1-4H3. The van der Waals surface area contributed by atoms with E-state index < -0.39 is 0 Å². The van der Waals surface area contributed by atoms with Gasteiger partial charge in [0.25, 0.3) is 0 Å². The minimum absolute atomic E-state index is 0.424. The molecule has 0 aromatic heterocycles. The predicted molar refractivity (Wildman–Crippen MR) is 100 cm³/mol. The number of hydrogen-bond donors (Lipinski definition) is 1. The molecule has 1 aliphatic carbocycles. The minimum atomic E-state index is 0.424. The lowest BCUT2D eigenvalue weighted by atomic mass is 9.88. The Morgan fingerprint density at radius 1 is 0.957 bits per heavy atom. The highest BCUT2D eigenvalue weighted by atomic mass is 16.3. The molecule has 1 fully saturated rings. The summed E-state index contributed by atoms with van der Waals surface area (Å²) >= 11 is 0. The molecule has 1 aromatic rings. The summed E-state index contributed by atoms with van der Waals surface area (Å²) in [6.45, 7) is 9.38. The zero-order chi connectivity index (χ0) is 16.9. The molecule has 1 aliphatic rings. The second-order valence-corrected chi connectivity index (χ2v) is 9.24. The van der Waals surface area contributed by atoms with Crippen molar-refractivity contribution in [2.24, 2.45) is 10.8 Å².